The Labute approximate surface area is 263 Å². The Morgan fingerprint density at radius 3 is 2.24 bits per heavy atom. The number of nitrogens with two attached hydrogens (primary N) is 1. The number of ether oxygens (including phenoxy) is 3. The SMILES string of the molecule is NC(=O)[C@@H](Nc1cncc(F)c1CC[C@@H]1CN[C@H](COC(=O)N[C@@H]2COC[C@@H]2F)CO1)C(c1ccc(F)cc1)c1ccc(F)cc1. The van der Waals surface area contributed by atoms with Crippen LogP contribution in [-0.2, 0) is 25.4 Å². The molecule has 5 N–H and O–H groups in total. The molecule has 2 aromatic carbocycles. The van der Waals surface area contributed by atoms with E-state index in [2.05, 4.69) is 20.9 Å². The van der Waals surface area contributed by atoms with E-state index in [0.717, 1.165) is 6.20 Å². The van der Waals surface area contributed by atoms with E-state index in [9.17, 15) is 22.8 Å². The summed E-state index contributed by atoms with van der Waals surface area (Å²) in [5, 5.41) is 8.73. The lowest BCUT2D eigenvalue weighted by Crippen LogP contribution is -2.50. The molecule has 0 aliphatic carbocycles. The summed E-state index contributed by atoms with van der Waals surface area (Å²) >= 11 is 0. The standard InChI is InChI=1S/C32H35F4N5O5/c33-20-5-1-18(2-6-20)29(19-3-7-21(34)8-4-19)30(31(37)42)40-27-13-38-12-25(35)24(27)10-9-23-11-39-22(14-45-23)15-46-32(43)41-28-17-44-16-26(28)36/h1-8,12-13,22-23,26,28-30,39-40H,9-11,14-17H2,(H2,37,42)(H,41,43)/t22-,23+,26-,28+,30-/m0/s1. The van der Waals surface area contributed by atoms with Crippen LogP contribution in [0.2, 0.25) is 0 Å². The van der Waals surface area contributed by atoms with Crippen molar-refractivity contribution < 1.29 is 41.4 Å². The number of alkyl halides is 1. The number of anilines is 1. The van der Waals surface area contributed by atoms with Crippen LogP contribution in [0, 0.1) is 17.5 Å². The number of benzene rings is 2. The highest BCUT2D eigenvalue weighted by Gasteiger charge is 2.32. The topological polar surface area (TPSA) is 137 Å². The van der Waals surface area contributed by atoms with E-state index in [1.54, 1.807) is 0 Å². The fourth-order valence-electron chi connectivity index (χ4n) is 5.54. The molecule has 46 heavy (non-hydrogen) atoms. The number of alkyl carbamates (subject to hydrolysis) is 1. The van der Waals surface area contributed by atoms with Crippen molar-refractivity contribution in [3.63, 3.8) is 0 Å². The van der Waals surface area contributed by atoms with Crippen LogP contribution >= 0.6 is 0 Å². The molecule has 5 rings (SSSR count). The second-order valence-corrected chi connectivity index (χ2v) is 11.3. The van der Waals surface area contributed by atoms with Crippen LogP contribution in [0.5, 0.6) is 0 Å². The third kappa shape index (κ3) is 8.50. The highest BCUT2D eigenvalue weighted by Crippen LogP contribution is 2.32. The van der Waals surface area contributed by atoms with Crippen LogP contribution in [0.25, 0.3) is 0 Å². The third-order valence-electron chi connectivity index (χ3n) is 8.03. The fraction of sp³-hybridized carbons (Fsp3) is 0.406. The van der Waals surface area contributed by atoms with Crippen molar-refractivity contribution in [3.8, 4) is 0 Å². The van der Waals surface area contributed by atoms with Gasteiger partial charge in [-0.05, 0) is 48.2 Å². The van der Waals surface area contributed by atoms with Gasteiger partial charge in [-0.1, -0.05) is 24.3 Å². The molecule has 3 aromatic rings. The van der Waals surface area contributed by atoms with Crippen molar-refractivity contribution in [2.24, 2.45) is 5.73 Å². The molecule has 0 saturated carbocycles. The third-order valence-corrected chi connectivity index (χ3v) is 8.03. The molecule has 14 heteroatoms. The van der Waals surface area contributed by atoms with Gasteiger partial charge in [0.1, 0.15) is 36.3 Å². The van der Waals surface area contributed by atoms with Crippen LogP contribution in [0.15, 0.2) is 60.9 Å². The predicted octanol–water partition coefficient (Wildman–Crippen LogP) is 3.35. The Balaban J connectivity index is 1.22. The number of hydrogen-bond donors (Lipinski definition) is 4. The number of morpholine rings is 1. The highest BCUT2D eigenvalue weighted by molar-refractivity contribution is 5.85. The van der Waals surface area contributed by atoms with Gasteiger partial charge in [0.15, 0.2) is 0 Å². The predicted molar refractivity (Wildman–Crippen MR) is 159 cm³/mol. The number of carbonyl (C=O) groups is 2. The number of primary amides is 1. The normalized spacial score (nSPS) is 21.9. The Kier molecular flexibility index (Phi) is 11.0. The van der Waals surface area contributed by atoms with E-state index in [1.165, 1.54) is 54.7 Å². The van der Waals surface area contributed by atoms with Gasteiger partial charge >= 0.3 is 6.09 Å². The molecule has 0 radical (unpaired) electrons. The molecule has 0 spiro atoms. The average molecular weight is 646 g/mol. The summed E-state index contributed by atoms with van der Waals surface area (Å²) in [6, 6.07) is 8.85. The maximum atomic E-state index is 15.2. The molecule has 1 aromatic heterocycles. The van der Waals surface area contributed by atoms with Crippen molar-refractivity contribution in [1.29, 1.82) is 0 Å². The number of aromatic nitrogens is 1. The van der Waals surface area contributed by atoms with Crippen molar-refractivity contribution in [2.45, 2.75) is 49.2 Å². The zero-order valence-corrected chi connectivity index (χ0v) is 24.8. The van der Waals surface area contributed by atoms with Gasteiger partial charge in [-0.15, -0.1) is 0 Å². The van der Waals surface area contributed by atoms with Gasteiger partial charge in [0.2, 0.25) is 5.91 Å². The van der Waals surface area contributed by atoms with E-state index in [-0.39, 0.29) is 56.2 Å². The lowest BCUT2D eigenvalue weighted by Gasteiger charge is -2.31. The first-order valence-corrected chi connectivity index (χ1v) is 14.9. The lowest BCUT2D eigenvalue weighted by molar-refractivity contribution is -0.119. The quantitative estimate of drug-likeness (QED) is 0.220. The molecular weight excluding hydrogens is 610 g/mol. The maximum Gasteiger partial charge on any atom is 0.407 e. The van der Waals surface area contributed by atoms with Gasteiger partial charge in [0.05, 0.1) is 56.1 Å². The Morgan fingerprint density at radius 1 is 1.00 bits per heavy atom. The number of pyridine rings is 1. The minimum atomic E-state index is -1.28. The minimum absolute atomic E-state index is 0.00785. The molecule has 2 saturated heterocycles. The van der Waals surface area contributed by atoms with Crippen molar-refractivity contribution >= 4 is 17.7 Å². The van der Waals surface area contributed by atoms with Crippen molar-refractivity contribution in [1.82, 2.24) is 15.6 Å². The van der Waals surface area contributed by atoms with E-state index in [1.807, 2.05) is 0 Å². The number of amides is 2. The molecule has 2 amide bonds. The zero-order chi connectivity index (χ0) is 32.6. The van der Waals surface area contributed by atoms with Gasteiger partial charge in [0.25, 0.3) is 0 Å². The average Bonchev–Trinajstić information content (AvgIpc) is 3.45. The summed E-state index contributed by atoms with van der Waals surface area (Å²) in [7, 11) is 0. The minimum Gasteiger partial charge on any atom is -0.448 e. The first-order valence-electron chi connectivity index (χ1n) is 14.9. The van der Waals surface area contributed by atoms with Gasteiger partial charge in [0, 0.05) is 18.0 Å². The van der Waals surface area contributed by atoms with Crippen molar-refractivity contribution in [3.05, 3.63) is 95.1 Å². The number of rotatable bonds is 12. The molecular formula is C32H35F4N5O5. The summed E-state index contributed by atoms with van der Waals surface area (Å²) in [4.78, 5) is 28.8. The Hall–Kier alpha value is -4.27. The molecule has 246 valence electrons. The first kappa shape index (κ1) is 33.1. The van der Waals surface area contributed by atoms with Crippen LogP contribution in [0.4, 0.5) is 28.0 Å². The van der Waals surface area contributed by atoms with E-state index < -0.39 is 53.6 Å². The monoisotopic (exact) mass is 645 g/mol. The summed E-state index contributed by atoms with van der Waals surface area (Å²) in [6.07, 6.45) is 0.747. The number of halogens is 4. The molecule has 2 aliphatic rings. The molecule has 2 fully saturated rings. The van der Waals surface area contributed by atoms with Gasteiger partial charge in [-0.25, -0.2) is 22.4 Å². The summed E-state index contributed by atoms with van der Waals surface area (Å²) in [6.45, 7) is 0.651. The highest BCUT2D eigenvalue weighted by atomic mass is 19.1. The van der Waals surface area contributed by atoms with Gasteiger partial charge in [-0.2, -0.15) is 0 Å². The van der Waals surface area contributed by atoms with Gasteiger partial charge in [-0.3, -0.25) is 9.78 Å². The van der Waals surface area contributed by atoms with Crippen LogP contribution in [0.1, 0.15) is 29.0 Å². The molecule has 10 nitrogen and oxygen atoms in total. The second kappa shape index (κ2) is 15.3. The number of nitrogens with one attached hydrogen (secondary N) is 3. The van der Waals surface area contributed by atoms with E-state index >= 15 is 4.39 Å². The fourth-order valence-corrected chi connectivity index (χ4v) is 5.54. The largest absolute Gasteiger partial charge is 0.448 e. The van der Waals surface area contributed by atoms with Crippen LogP contribution in [0.3, 0.4) is 0 Å². The number of nitrogens with zero attached hydrogens (tertiary/aromatic N) is 1. The summed E-state index contributed by atoms with van der Waals surface area (Å²) < 4.78 is 72.4. The Bertz CT molecular complexity index is 1430. The van der Waals surface area contributed by atoms with Crippen LogP contribution in [-0.4, -0.2) is 80.4 Å². The first-order chi connectivity index (χ1) is 22.2. The Morgan fingerprint density at radius 2 is 1.67 bits per heavy atom. The number of hydrogen-bond acceptors (Lipinski definition) is 8. The summed E-state index contributed by atoms with van der Waals surface area (Å²) in [5.74, 6) is -3.09. The number of carbonyl (C=O) groups excluding carboxylic acids is 2. The maximum absolute atomic E-state index is 15.2. The van der Waals surface area contributed by atoms with Crippen LogP contribution < -0.4 is 21.7 Å². The second-order valence-electron chi connectivity index (χ2n) is 11.3. The molecule has 2 aliphatic heterocycles. The molecule has 0 unspecified atom stereocenters. The zero-order valence-electron chi connectivity index (χ0n) is 24.8. The smallest absolute Gasteiger partial charge is 0.407 e. The van der Waals surface area contributed by atoms with E-state index in [4.69, 9.17) is 19.9 Å². The van der Waals surface area contributed by atoms with Crippen molar-refractivity contribution in [2.75, 3.05) is 38.3 Å². The molecule has 0 bridgehead atoms. The summed E-state index contributed by atoms with van der Waals surface area (Å²) in [5.41, 5.74) is 7.41. The molecule has 5 atom stereocenters. The molecule has 3 heterocycles. The van der Waals surface area contributed by atoms with E-state index in [0.29, 0.717) is 24.1 Å². The lowest BCUT2D eigenvalue weighted by atomic mass is 9.84. The van der Waals surface area contributed by atoms with Gasteiger partial charge < -0.3 is 35.9 Å².